The highest BCUT2D eigenvalue weighted by atomic mass is 15.3. The topological polar surface area (TPSA) is 17.8 Å². The Morgan fingerprint density at radius 1 is 0.941 bits per heavy atom. The van der Waals surface area contributed by atoms with Crippen LogP contribution in [0.4, 0.5) is 0 Å². The summed E-state index contributed by atoms with van der Waals surface area (Å²) in [7, 11) is 0. The second kappa shape index (κ2) is 4.74. The molecule has 1 aromatic carbocycles. The number of nitrogens with zero attached hydrogens (tertiary/aromatic N) is 2. The number of hydrogen-bond acceptors (Lipinski definition) is 1. The third kappa shape index (κ3) is 2.41. The van der Waals surface area contributed by atoms with Crippen LogP contribution in [0.5, 0.6) is 0 Å². The molecule has 0 amide bonds. The molecule has 0 N–H and O–H groups in total. The van der Waals surface area contributed by atoms with Crippen molar-refractivity contribution in [2.45, 2.75) is 39.7 Å². The van der Waals surface area contributed by atoms with E-state index in [1.165, 1.54) is 16.8 Å². The van der Waals surface area contributed by atoms with Crippen molar-refractivity contribution in [3.05, 3.63) is 42.1 Å². The average molecular weight is 228 g/mol. The van der Waals surface area contributed by atoms with E-state index in [9.17, 15) is 0 Å². The van der Waals surface area contributed by atoms with Gasteiger partial charge in [-0.1, -0.05) is 38.1 Å². The molecule has 0 spiro atoms. The maximum absolute atomic E-state index is 4.37. The Labute approximate surface area is 103 Å². The summed E-state index contributed by atoms with van der Waals surface area (Å²) >= 11 is 0. The molecular weight excluding hydrogens is 208 g/mol. The van der Waals surface area contributed by atoms with Gasteiger partial charge >= 0.3 is 0 Å². The Morgan fingerprint density at radius 2 is 1.59 bits per heavy atom. The molecule has 0 aliphatic rings. The predicted molar refractivity (Wildman–Crippen MR) is 72.1 cm³/mol. The summed E-state index contributed by atoms with van der Waals surface area (Å²) in [6.45, 7) is 8.73. The number of aromatic nitrogens is 2. The van der Waals surface area contributed by atoms with Gasteiger partial charge in [-0.2, -0.15) is 5.10 Å². The SMILES string of the molecule is CC(C)c1ccc(-c2ccnn2C(C)C)cc1. The normalized spacial score (nSPS) is 11.4. The second-order valence-electron chi connectivity index (χ2n) is 5.03. The van der Waals surface area contributed by atoms with Gasteiger partial charge in [-0.05, 0) is 37.0 Å². The Hall–Kier alpha value is -1.57. The summed E-state index contributed by atoms with van der Waals surface area (Å²) in [6.07, 6.45) is 1.87. The monoisotopic (exact) mass is 228 g/mol. The highest BCUT2D eigenvalue weighted by Gasteiger charge is 2.08. The van der Waals surface area contributed by atoms with Crippen molar-refractivity contribution in [2.24, 2.45) is 0 Å². The van der Waals surface area contributed by atoms with Gasteiger partial charge in [0.05, 0.1) is 5.69 Å². The van der Waals surface area contributed by atoms with Crippen molar-refractivity contribution in [3.63, 3.8) is 0 Å². The Bertz CT molecular complexity index is 478. The number of hydrogen-bond donors (Lipinski definition) is 0. The number of benzene rings is 1. The van der Waals surface area contributed by atoms with Gasteiger partial charge in [0.25, 0.3) is 0 Å². The summed E-state index contributed by atoms with van der Waals surface area (Å²) < 4.78 is 2.06. The molecule has 0 bridgehead atoms. The van der Waals surface area contributed by atoms with Gasteiger partial charge in [0.2, 0.25) is 0 Å². The maximum Gasteiger partial charge on any atom is 0.0685 e. The van der Waals surface area contributed by atoms with Crippen LogP contribution < -0.4 is 0 Å². The molecule has 2 aromatic rings. The van der Waals surface area contributed by atoms with Crippen LogP contribution >= 0.6 is 0 Å². The van der Waals surface area contributed by atoms with E-state index >= 15 is 0 Å². The molecule has 1 aromatic heterocycles. The van der Waals surface area contributed by atoms with Gasteiger partial charge in [-0.3, -0.25) is 4.68 Å². The molecule has 0 saturated carbocycles. The summed E-state index contributed by atoms with van der Waals surface area (Å²) in [5, 5.41) is 4.37. The quantitative estimate of drug-likeness (QED) is 0.767. The van der Waals surface area contributed by atoms with E-state index in [2.05, 4.69) is 67.8 Å². The summed E-state index contributed by atoms with van der Waals surface area (Å²) in [6, 6.07) is 11.3. The maximum atomic E-state index is 4.37. The van der Waals surface area contributed by atoms with Gasteiger partial charge in [0, 0.05) is 12.2 Å². The fraction of sp³-hybridized carbons (Fsp3) is 0.400. The van der Waals surface area contributed by atoms with E-state index in [0.29, 0.717) is 12.0 Å². The van der Waals surface area contributed by atoms with E-state index in [4.69, 9.17) is 0 Å². The van der Waals surface area contributed by atoms with Crippen LogP contribution in [0.15, 0.2) is 36.5 Å². The molecule has 0 aliphatic carbocycles. The van der Waals surface area contributed by atoms with Crippen molar-refractivity contribution in [1.82, 2.24) is 9.78 Å². The minimum absolute atomic E-state index is 0.393. The van der Waals surface area contributed by atoms with Gasteiger partial charge in [0.1, 0.15) is 0 Å². The van der Waals surface area contributed by atoms with Crippen LogP contribution in [0.1, 0.15) is 45.2 Å². The summed E-state index contributed by atoms with van der Waals surface area (Å²) in [5.74, 6) is 0.582. The molecule has 0 aliphatic heterocycles. The molecule has 1 heterocycles. The van der Waals surface area contributed by atoms with E-state index in [0.717, 1.165) is 0 Å². The average Bonchev–Trinajstić information content (AvgIpc) is 2.78. The van der Waals surface area contributed by atoms with Crippen molar-refractivity contribution in [1.29, 1.82) is 0 Å². The molecule has 90 valence electrons. The second-order valence-corrected chi connectivity index (χ2v) is 5.03. The van der Waals surface area contributed by atoms with Crippen LogP contribution in [-0.2, 0) is 0 Å². The molecular formula is C15H20N2. The first-order valence-electron chi connectivity index (χ1n) is 6.23. The van der Waals surface area contributed by atoms with Crippen LogP contribution in [0.3, 0.4) is 0 Å². The minimum atomic E-state index is 0.393. The Kier molecular flexibility index (Phi) is 3.32. The van der Waals surface area contributed by atoms with Crippen LogP contribution in [-0.4, -0.2) is 9.78 Å². The zero-order valence-electron chi connectivity index (χ0n) is 11.0. The van der Waals surface area contributed by atoms with Crippen molar-refractivity contribution < 1.29 is 0 Å². The first-order chi connectivity index (χ1) is 8.09. The van der Waals surface area contributed by atoms with E-state index in [-0.39, 0.29) is 0 Å². The lowest BCUT2D eigenvalue weighted by atomic mass is 10.0. The smallest absolute Gasteiger partial charge is 0.0685 e. The Balaban J connectivity index is 2.37. The van der Waals surface area contributed by atoms with Gasteiger partial charge < -0.3 is 0 Å². The highest BCUT2D eigenvalue weighted by Crippen LogP contribution is 2.24. The number of rotatable bonds is 3. The summed E-state index contributed by atoms with van der Waals surface area (Å²) in [4.78, 5) is 0. The first-order valence-corrected chi connectivity index (χ1v) is 6.23. The molecule has 2 nitrogen and oxygen atoms in total. The molecule has 0 fully saturated rings. The zero-order chi connectivity index (χ0) is 12.4. The van der Waals surface area contributed by atoms with Gasteiger partial charge in [0.15, 0.2) is 0 Å². The van der Waals surface area contributed by atoms with Crippen molar-refractivity contribution >= 4 is 0 Å². The molecule has 0 unspecified atom stereocenters. The molecule has 0 saturated heterocycles. The van der Waals surface area contributed by atoms with E-state index in [1.807, 2.05) is 6.20 Å². The molecule has 0 radical (unpaired) electrons. The van der Waals surface area contributed by atoms with Gasteiger partial charge in [-0.25, -0.2) is 0 Å². The lowest BCUT2D eigenvalue weighted by Gasteiger charge is -2.12. The molecule has 2 rings (SSSR count). The van der Waals surface area contributed by atoms with Crippen molar-refractivity contribution in [2.75, 3.05) is 0 Å². The fourth-order valence-electron chi connectivity index (χ4n) is 1.99. The molecule has 2 heteroatoms. The highest BCUT2D eigenvalue weighted by molar-refractivity contribution is 5.59. The predicted octanol–water partition coefficient (Wildman–Crippen LogP) is 4.25. The third-order valence-corrected chi connectivity index (χ3v) is 3.03. The fourth-order valence-corrected chi connectivity index (χ4v) is 1.99. The van der Waals surface area contributed by atoms with Crippen LogP contribution in [0, 0.1) is 0 Å². The molecule has 17 heavy (non-hydrogen) atoms. The van der Waals surface area contributed by atoms with Gasteiger partial charge in [-0.15, -0.1) is 0 Å². The van der Waals surface area contributed by atoms with E-state index < -0.39 is 0 Å². The lowest BCUT2D eigenvalue weighted by molar-refractivity contribution is 0.538. The summed E-state index contributed by atoms with van der Waals surface area (Å²) in [5.41, 5.74) is 3.81. The van der Waals surface area contributed by atoms with Crippen LogP contribution in [0.2, 0.25) is 0 Å². The van der Waals surface area contributed by atoms with Crippen molar-refractivity contribution in [3.8, 4) is 11.3 Å². The first kappa shape index (κ1) is 11.9. The molecule has 0 atom stereocenters. The standard InChI is InChI=1S/C15H20N2/c1-11(2)13-5-7-14(8-6-13)15-9-10-16-17(15)12(3)4/h5-12H,1-4H3. The minimum Gasteiger partial charge on any atom is -0.262 e. The Morgan fingerprint density at radius 3 is 2.12 bits per heavy atom. The lowest BCUT2D eigenvalue weighted by Crippen LogP contribution is -2.04. The largest absolute Gasteiger partial charge is 0.262 e. The van der Waals surface area contributed by atoms with E-state index in [1.54, 1.807) is 0 Å². The van der Waals surface area contributed by atoms with Crippen LogP contribution in [0.25, 0.3) is 11.3 Å². The third-order valence-electron chi connectivity index (χ3n) is 3.03. The zero-order valence-corrected chi connectivity index (χ0v) is 11.0.